The molecule has 7 heteroatoms. The monoisotopic (exact) mass is 376 g/mol. The molecule has 0 aliphatic heterocycles. The maximum absolute atomic E-state index is 12.7. The maximum atomic E-state index is 12.7. The number of carbonyl (C=O) groups excluding carboxylic acids is 2. The van der Waals surface area contributed by atoms with Gasteiger partial charge in [-0.25, -0.2) is 0 Å². The highest BCUT2D eigenvalue weighted by molar-refractivity contribution is 5.98. The topological polar surface area (TPSA) is 105 Å². The molecular formula is C20H28N2O5. The smallest absolute Gasteiger partial charge is 0.308 e. The van der Waals surface area contributed by atoms with Gasteiger partial charge in [-0.15, -0.1) is 0 Å². The van der Waals surface area contributed by atoms with Crippen LogP contribution in [0.4, 0.5) is 0 Å². The highest BCUT2D eigenvalue weighted by Gasteiger charge is 2.35. The third kappa shape index (κ3) is 5.70. The fourth-order valence-electron chi connectivity index (χ4n) is 3.39. The van der Waals surface area contributed by atoms with Crippen LogP contribution in [0.15, 0.2) is 24.3 Å². The number of methoxy groups -OCH3 is 1. The summed E-state index contributed by atoms with van der Waals surface area (Å²) in [6, 6.07) is 5.65. The molecule has 1 fully saturated rings. The zero-order chi connectivity index (χ0) is 19.8. The minimum absolute atomic E-state index is 0.321. The Labute approximate surface area is 159 Å². The summed E-state index contributed by atoms with van der Waals surface area (Å²) in [5, 5.41) is 14.9. The number of ether oxygens (including phenoxy) is 1. The third-order valence-electron chi connectivity index (χ3n) is 4.96. The van der Waals surface area contributed by atoms with Crippen LogP contribution >= 0.6 is 0 Å². The van der Waals surface area contributed by atoms with E-state index in [2.05, 4.69) is 10.6 Å². The van der Waals surface area contributed by atoms with E-state index in [9.17, 15) is 19.5 Å². The van der Waals surface area contributed by atoms with Crippen molar-refractivity contribution in [2.45, 2.75) is 57.5 Å². The number of amides is 2. The Balaban J connectivity index is 2.05. The summed E-state index contributed by atoms with van der Waals surface area (Å²) in [7, 11) is 1.52. The van der Waals surface area contributed by atoms with Gasteiger partial charge in [0.1, 0.15) is 11.8 Å². The molecule has 0 saturated heterocycles. The number of hydrogen-bond acceptors (Lipinski definition) is 4. The molecule has 1 aliphatic carbocycles. The summed E-state index contributed by atoms with van der Waals surface area (Å²) in [4.78, 5) is 36.6. The summed E-state index contributed by atoms with van der Waals surface area (Å²) in [6.07, 6.45) is 4.16. The molecule has 0 aromatic heterocycles. The lowest BCUT2D eigenvalue weighted by Gasteiger charge is -2.23. The predicted octanol–water partition coefficient (Wildman–Crippen LogP) is 2.35. The number of nitrogens with one attached hydrogen (secondary N) is 2. The lowest BCUT2D eigenvalue weighted by Crippen LogP contribution is -2.51. The highest BCUT2D eigenvalue weighted by atomic mass is 16.5. The van der Waals surface area contributed by atoms with Crippen molar-refractivity contribution in [3.05, 3.63) is 29.8 Å². The van der Waals surface area contributed by atoms with Crippen LogP contribution in [-0.4, -0.2) is 42.1 Å². The first-order chi connectivity index (χ1) is 13.0. The van der Waals surface area contributed by atoms with Gasteiger partial charge in [0.25, 0.3) is 5.91 Å². The van der Waals surface area contributed by atoms with Crippen LogP contribution in [0.5, 0.6) is 5.75 Å². The number of rotatable bonds is 9. The van der Waals surface area contributed by atoms with Crippen LogP contribution in [0.3, 0.4) is 0 Å². The molecule has 148 valence electrons. The Kier molecular flexibility index (Phi) is 7.64. The number of benzene rings is 1. The molecule has 0 unspecified atom stereocenters. The van der Waals surface area contributed by atoms with Crippen molar-refractivity contribution >= 4 is 17.8 Å². The Morgan fingerprint density at radius 2 is 2.07 bits per heavy atom. The molecule has 0 heterocycles. The molecule has 1 aromatic rings. The van der Waals surface area contributed by atoms with Crippen molar-refractivity contribution < 1.29 is 24.2 Å². The average molecular weight is 376 g/mol. The Hall–Kier alpha value is -2.57. The minimum atomic E-state index is -0.886. The quantitative estimate of drug-likeness (QED) is 0.614. The third-order valence-corrected chi connectivity index (χ3v) is 4.96. The Morgan fingerprint density at radius 1 is 1.30 bits per heavy atom. The summed E-state index contributed by atoms with van der Waals surface area (Å²) in [5.41, 5.74) is 0.410. The van der Waals surface area contributed by atoms with Crippen molar-refractivity contribution in [2.75, 3.05) is 7.11 Å². The van der Waals surface area contributed by atoms with Gasteiger partial charge in [0, 0.05) is 11.6 Å². The SMILES string of the molecule is CCCC[C@H](NC(=O)c1cccc(OC)c1)C(=O)N[C@H]1CCC[C@H]1C(=O)O. The van der Waals surface area contributed by atoms with Gasteiger partial charge in [0.2, 0.25) is 5.91 Å². The Morgan fingerprint density at radius 3 is 2.74 bits per heavy atom. The fourth-order valence-corrected chi connectivity index (χ4v) is 3.39. The van der Waals surface area contributed by atoms with Crippen LogP contribution in [-0.2, 0) is 9.59 Å². The first kappa shape index (κ1) is 20.7. The molecule has 1 aromatic carbocycles. The first-order valence-electron chi connectivity index (χ1n) is 9.44. The van der Waals surface area contributed by atoms with Crippen molar-refractivity contribution in [1.29, 1.82) is 0 Å². The second-order valence-electron chi connectivity index (χ2n) is 6.89. The second kappa shape index (κ2) is 9.94. The van der Waals surface area contributed by atoms with Gasteiger partial charge in [0.15, 0.2) is 0 Å². The average Bonchev–Trinajstić information content (AvgIpc) is 3.13. The van der Waals surface area contributed by atoms with Crippen LogP contribution in [0.1, 0.15) is 55.8 Å². The number of carboxylic acid groups (broad SMARTS) is 1. The van der Waals surface area contributed by atoms with Gasteiger partial charge in [0.05, 0.1) is 13.0 Å². The van der Waals surface area contributed by atoms with Crippen LogP contribution in [0.25, 0.3) is 0 Å². The molecule has 3 N–H and O–H groups in total. The van der Waals surface area contributed by atoms with Crippen molar-refractivity contribution in [3.8, 4) is 5.75 Å². The van der Waals surface area contributed by atoms with Crippen molar-refractivity contribution in [3.63, 3.8) is 0 Å². The molecule has 2 amide bonds. The predicted molar refractivity (Wildman–Crippen MR) is 101 cm³/mol. The van der Waals surface area contributed by atoms with Crippen molar-refractivity contribution in [1.82, 2.24) is 10.6 Å². The number of aliphatic carboxylic acids is 1. The molecule has 1 aliphatic rings. The number of carbonyl (C=O) groups is 3. The highest BCUT2D eigenvalue weighted by Crippen LogP contribution is 2.26. The lowest BCUT2D eigenvalue weighted by atomic mass is 10.0. The zero-order valence-corrected chi connectivity index (χ0v) is 15.9. The largest absolute Gasteiger partial charge is 0.497 e. The van der Waals surface area contributed by atoms with Gasteiger partial charge >= 0.3 is 5.97 Å². The molecule has 7 nitrogen and oxygen atoms in total. The molecular weight excluding hydrogens is 348 g/mol. The van der Waals surface area contributed by atoms with Crippen LogP contribution < -0.4 is 15.4 Å². The number of hydrogen-bond donors (Lipinski definition) is 3. The van der Waals surface area contributed by atoms with E-state index >= 15 is 0 Å². The van der Waals surface area contributed by atoms with E-state index in [0.29, 0.717) is 30.6 Å². The van der Waals surface area contributed by atoms with Crippen LogP contribution in [0.2, 0.25) is 0 Å². The van der Waals surface area contributed by atoms with E-state index in [4.69, 9.17) is 4.74 Å². The van der Waals surface area contributed by atoms with Gasteiger partial charge < -0.3 is 20.5 Å². The lowest BCUT2D eigenvalue weighted by molar-refractivity contribution is -0.142. The standard InChI is InChI=1S/C20H28N2O5/c1-3-4-10-17(19(24)21-16-11-6-9-15(16)20(25)26)22-18(23)13-7-5-8-14(12-13)27-2/h5,7-8,12,15-17H,3-4,6,9-11H2,1-2H3,(H,21,24)(H,22,23)(H,25,26)/t15-,16+,17+/m1/s1. The molecule has 3 atom stereocenters. The first-order valence-corrected chi connectivity index (χ1v) is 9.44. The summed E-state index contributed by atoms with van der Waals surface area (Å²) >= 11 is 0. The van der Waals surface area contributed by atoms with Crippen molar-refractivity contribution in [2.24, 2.45) is 5.92 Å². The summed E-state index contributed by atoms with van der Waals surface area (Å²) < 4.78 is 5.13. The van der Waals surface area contributed by atoms with E-state index in [1.807, 2.05) is 6.92 Å². The maximum Gasteiger partial charge on any atom is 0.308 e. The van der Waals surface area contributed by atoms with Gasteiger partial charge in [-0.3, -0.25) is 14.4 Å². The van der Waals surface area contributed by atoms with Gasteiger partial charge in [-0.1, -0.05) is 32.3 Å². The molecule has 0 bridgehead atoms. The molecule has 0 spiro atoms. The molecule has 27 heavy (non-hydrogen) atoms. The zero-order valence-electron chi connectivity index (χ0n) is 15.9. The molecule has 1 saturated carbocycles. The molecule has 0 radical (unpaired) electrons. The minimum Gasteiger partial charge on any atom is -0.497 e. The van der Waals surface area contributed by atoms with Crippen LogP contribution in [0, 0.1) is 5.92 Å². The number of carboxylic acids is 1. The van der Waals surface area contributed by atoms with E-state index in [-0.39, 0.29) is 17.9 Å². The fraction of sp³-hybridized carbons (Fsp3) is 0.550. The van der Waals surface area contributed by atoms with Gasteiger partial charge in [-0.05, 0) is 37.5 Å². The summed E-state index contributed by atoms with van der Waals surface area (Å²) in [5.74, 6) is -1.56. The second-order valence-corrected chi connectivity index (χ2v) is 6.89. The number of unbranched alkanes of at least 4 members (excludes halogenated alkanes) is 1. The van der Waals surface area contributed by atoms with E-state index in [1.54, 1.807) is 24.3 Å². The molecule has 2 rings (SSSR count). The van der Waals surface area contributed by atoms with Gasteiger partial charge in [-0.2, -0.15) is 0 Å². The van der Waals surface area contributed by atoms with E-state index in [1.165, 1.54) is 7.11 Å². The Bertz CT molecular complexity index is 676. The van der Waals surface area contributed by atoms with E-state index < -0.39 is 17.9 Å². The van der Waals surface area contributed by atoms with E-state index in [0.717, 1.165) is 19.3 Å². The normalized spacial score (nSPS) is 19.9. The summed E-state index contributed by atoms with van der Waals surface area (Å²) in [6.45, 7) is 2.01.